The number of piperidine rings is 1. The fourth-order valence-corrected chi connectivity index (χ4v) is 3.88. The standard InChI is InChI=1S/C17H21N3.C4H4O4/c1-19-14-6-4-7-15(19)12-20(11-14)17-10-9-13-5-2-3-8-16(13)18-17;5-3(6)1-2-4(7)8/h2-3,5,8-10,14-15H,4,6-7,11-12H2,1H3;1-2H,(H,5,6)(H,7,8)/b;2-1+. The lowest BCUT2D eigenvalue weighted by molar-refractivity contribution is -0.134. The Bertz CT molecular complexity index is 853. The van der Waals surface area contributed by atoms with Crippen LogP contribution in [0.15, 0.2) is 48.6 Å². The van der Waals surface area contributed by atoms with Gasteiger partial charge in [0.2, 0.25) is 0 Å². The summed E-state index contributed by atoms with van der Waals surface area (Å²) in [5.41, 5.74) is 1.11. The van der Waals surface area contributed by atoms with Crippen molar-refractivity contribution in [2.24, 2.45) is 0 Å². The first-order chi connectivity index (χ1) is 13.4. The highest BCUT2D eigenvalue weighted by Gasteiger charge is 2.35. The number of fused-ring (bicyclic) bond motifs is 3. The van der Waals surface area contributed by atoms with Gasteiger partial charge >= 0.3 is 11.9 Å². The Morgan fingerprint density at radius 3 is 2.21 bits per heavy atom. The van der Waals surface area contributed by atoms with Gasteiger partial charge in [0.05, 0.1) is 5.52 Å². The zero-order chi connectivity index (χ0) is 20.1. The molecule has 148 valence electrons. The predicted molar refractivity (Wildman–Crippen MR) is 108 cm³/mol. The van der Waals surface area contributed by atoms with Crippen LogP contribution < -0.4 is 4.90 Å². The molecule has 3 heterocycles. The molecular formula is C21H25N3O4. The van der Waals surface area contributed by atoms with Crippen molar-refractivity contribution in [3.63, 3.8) is 0 Å². The number of anilines is 1. The van der Waals surface area contributed by atoms with Crippen LogP contribution in [0.2, 0.25) is 0 Å². The SMILES string of the molecule is CN1C2CCCC1CN(c1ccc3ccccc3n1)C2.O=C(O)/C=C/C(=O)O. The second-order valence-electron chi connectivity index (χ2n) is 7.18. The summed E-state index contributed by atoms with van der Waals surface area (Å²) in [5, 5.41) is 16.9. The molecule has 2 bridgehead atoms. The van der Waals surface area contributed by atoms with Crippen molar-refractivity contribution in [3.8, 4) is 0 Å². The van der Waals surface area contributed by atoms with Crippen molar-refractivity contribution in [2.75, 3.05) is 25.0 Å². The van der Waals surface area contributed by atoms with Crippen LogP contribution in [0.1, 0.15) is 19.3 Å². The number of benzene rings is 1. The molecule has 0 amide bonds. The Kier molecular flexibility index (Phi) is 6.26. The number of rotatable bonds is 3. The largest absolute Gasteiger partial charge is 0.478 e. The summed E-state index contributed by atoms with van der Waals surface area (Å²) >= 11 is 0. The van der Waals surface area contributed by atoms with Gasteiger partial charge in [-0.2, -0.15) is 0 Å². The second-order valence-corrected chi connectivity index (χ2v) is 7.18. The number of nitrogens with zero attached hydrogens (tertiary/aromatic N) is 3. The van der Waals surface area contributed by atoms with Gasteiger partial charge in [0.15, 0.2) is 0 Å². The molecule has 2 saturated heterocycles. The van der Waals surface area contributed by atoms with Gasteiger partial charge in [0.1, 0.15) is 5.82 Å². The predicted octanol–water partition coefficient (Wildman–Crippen LogP) is 2.62. The Balaban J connectivity index is 0.000000242. The lowest BCUT2D eigenvalue weighted by atomic mass is 9.92. The number of carboxylic acids is 2. The normalized spacial score (nSPS) is 22.0. The maximum atomic E-state index is 9.55. The molecule has 4 rings (SSSR count). The zero-order valence-corrected chi connectivity index (χ0v) is 15.9. The molecule has 28 heavy (non-hydrogen) atoms. The number of pyridine rings is 1. The fraction of sp³-hybridized carbons (Fsp3) is 0.381. The number of hydrogen-bond donors (Lipinski definition) is 2. The van der Waals surface area contributed by atoms with Crippen molar-refractivity contribution < 1.29 is 19.8 Å². The van der Waals surface area contributed by atoms with Crippen LogP contribution in [0.3, 0.4) is 0 Å². The van der Waals surface area contributed by atoms with E-state index in [1.807, 2.05) is 0 Å². The summed E-state index contributed by atoms with van der Waals surface area (Å²) in [6.07, 6.45) is 5.16. The van der Waals surface area contributed by atoms with Crippen molar-refractivity contribution >= 4 is 28.7 Å². The van der Waals surface area contributed by atoms with Gasteiger partial charge in [-0.1, -0.05) is 24.6 Å². The number of aromatic nitrogens is 1. The molecule has 2 N–H and O–H groups in total. The van der Waals surface area contributed by atoms with Crippen LogP contribution >= 0.6 is 0 Å². The van der Waals surface area contributed by atoms with E-state index in [4.69, 9.17) is 15.2 Å². The van der Waals surface area contributed by atoms with Crippen LogP contribution in [0, 0.1) is 0 Å². The maximum Gasteiger partial charge on any atom is 0.328 e. The summed E-state index contributed by atoms with van der Waals surface area (Å²) in [6, 6.07) is 14.2. The number of carboxylic acid groups (broad SMARTS) is 2. The van der Waals surface area contributed by atoms with E-state index in [1.165, 1.54) is 24.6 Å². The van der Waals surface area contributed by atoms with Crippen LogP contribution in [0.25, 0.3) is 10.9 Å². The average molecular weight is 383 g/mol. The van der Waals surface area contributed by atoms with Crippen LogP contribution in [-0.2, 0) is 9.59 Å². The Morgan fingerprint density at radius 1 is 1.00 bits per heavy atom. The minimum atomic E-state index is -1.26. The first-order valence-corrected chi connectivity index (χ1v) is 9.40. The summed E-state index contributed by atoms with van der Waals surface area (Å²) in [7, 11) is 2.29. The number of aliphatic carboxylic acids is 2. The summed E-state index contributed by atoms with van der Waals surface area (Å²) in [4.78, 5) is 29.0. The van der Waals surface area contributed by atoms with Gasteiger partial charge in [0, 0.05) is 42.7 Å². The molecule has 2 unspecified atom stereocenters. The first-order valence-electron chi connectivity index (χ1n) is 9.40. The highest BCUT2D eigenvalue weighted by Crippen LogP contribution is 2.29. The van der Waals surface area contributed by atoms with E-state index < -0.39 is 11.9 Å². The number of hydrogen-bond acceptors (Lipinski definition) is 5. The molecule has 0 aliphatic carbocycles. The third-order valence-electron chi connectivity index (χ3n) is 5.37. The molecule has 2 aliphatic rings. The molecule has 1 aromatic heterocycles. The van der Waals surface area contributed by atoms with Gasteiger partial charge in [-0.05, 0) is 38.1 Å². The van der Waals surface area contributed by atoms with E-state index >= 15 is 0 Å². The molecule has 1 aromatic carbocycles. The van der Waals surface area contributed by atoms with Gasteiger partial charge in [0.25, 0.3) is 0 Å². The lowest BCUT2D eigenvalue weighted by Crippen LogP contribution is -2.59. The number of likely N-dealkylation sites (N-methyl/N-ethyl adjacent to an activating group) is 1. The van der Waals surface area contributed by atoms with Gasteiger partial charge in [-0.3, -0.25) is 4.90 Å². The molecule has 0 saturated carbocycles. The first kappa shape index (κ1) is 19.8. The quantitative estimate of drug-likeness (QED) is 0.787. The molecule has 2 fully saturated rings. The number of para-hydroxylation sites is 1. The second kappa shape index (κ2) is 8.84. The van der Waals surface area contributed by atoms with Crippen molar-refractivity contribution in [1.82, 2.24) is 9.88 Å². The molecule has 0 radical (unpaired) electrons. The molecule has 2 aliphatic heterocycles. The monoisotopic (exact) mass is 383 g/mol. The molecule has 7 heteroatoms. The van der Waals surface area contributed by atoms with E-state index in [0.29, 0.717) is 24.2 Å². The third-order valence-corrected chi connectivity index (χ3v) is 5.37. The smallest absolute Gasteiger partial charge is 0.328 e. The van der Waals surface area contributed by atoms with E-state index in [0.717, 1.165) is 24.4 Å². The highest BCUT2D eigenvalue weighted by atomic mass is 16.4. The number of carbonyl (C=O) groups is 2. The minimum Gasteiger partial charge on any atom is -0.478 e. The molecular weight excluding hydrogens is 358 g/mol. The topological polar surface area (TPSA) is 94.0 Å². The number of piperazine rings is 1. The fourth-order valence-electron chi connectivity index (χ4n) is 3.88. The van der Waals surface area contributed by atoms with E-state index in [9.17, 15) is 9.59 Å². The molecule has 2 aromatic rings. The van der Waals surface area contributed by atoms with Crippen LogP contribution in [-0.4, -0.2) is 64.3 Å². The highest BCUT2D eigenvalue weighted by molar-refractivity contribution is 5.89. The Labute approximate surface area is 163 Å². The summed E-state index contributed by atoms with van der Waals surface area (Å²) in [6.45, 7) is 2.25. The molecule has 2 atom stereocenters. The van der Waals surface area contributed by atoms with Crippen molar-refractivity contribution in [1.29, 1.82) is 0 Å². The summed E-state index contributed by atoms with van der Waals surface area (Å²) < 4.78 is 0. The van der Waals surface area contributed by atoms with E-state index in [-0.39, 0.29) is 0 Å². The lowest BCUT2D eigenvalue weighted by Gasteiger charge is -2.48. The summed E-state index contributed by atoms with van der Waals surface area (Å²) in [5.74, 6) is -1.37. The molecule has 7 nitrogen and oxygen atoms in total. The van der Waals surface area contributed by atoms with Gasteiger partial charge in [-0.15, -0.1) is 0 Å². The third kappa shape index (κ3) is 4.86. The average Bonchev–Trinajstić information content (AvgIpc) is 2.66. The van der Waals surface area contributed by atoms with Gasteiger partial charge < -0.3 is 15.1 Å². The van der Waals surface area contributed by atoms with Crippen molar-refractivity contribution in [3.05, 3.63) is 48.6 Å². The minimum absolute atomic E-state index is 0.558. The zero-order valence-electron chi connectivity index (χ0n) is 15.9. The maximum absolute atomic E-state index is 9.55. The van der Waals surface area contributed by atoms with Crippen LogP contribution in [0.5, 0.6) is 0 Å². The van der Waals surface area contributed by atoms with Crippen molar-refractivity contribution in [2.45, 2.75) is 31.3 Å². The Hall–Kier alpha value is -2.93. The van der Waals surface area contributed by atoms with E-state index in [1.54, 1.807) is 0 Å². The van der Waals surface area contributed by atoms with E-state index in [2.05, 4.69) is 53.2 Å². The molecule has 0 spiro atoms. The Morgan fingerprint density at radius 2 is 1.61 bits per heavy atom. The van der Waals surface area contributed by atoms with Crippen LogP contribution in [0.4, 0.5) is 5.82 Å². The van der Waals surface area contributed by atoms with Gasteiger partial charge in [-0.25, -0.2) is 14.6 Å².